The first kappa shape index (κ1) is 23.7. The van der Waals surface area contributed by atoms with Gasteiger partial charge in [0.05, 0.1) is 5.16 Å². The van der Waals surface area contributed by atoms with Gasteiger partial charge in [-0.2, -0.15) is 0 Å². The molecule has 5 nitrogen and oxygen atoms in total. The molecule has 25 heavy (non-hydrogen) atoms. The molecule has 0 aromatic carbocycles. The van der Waals surface area contributed by atoms with Crippen LogP contribution in [-0.4, -0.2) is 34.7 Å². The van der Waals surface area contributed by atoms with Gasteiger partial charge < -0.3 is 10.4 Å². The smallest absolute Gasteiger partial charge is 0.326 e. The van der Waals surface area contributed by atoms with Crippen LogP contribution in [0.2, 0.25) is 0 Å². The van der Waals surface area contributed by atoms with E-state index >= 15 is 0 Å². The number of aliphatic carboxylic acids is 1. The minimum absolute atomic E-state index is 0.142. The lowest BCUT2D eigenvalue weighted by molar-refractivity contribution is -0.142. The first-order valence-corrected chi connectivity index (χ1v) is 10.0. The largest absolute Gasteiger partial charge is 0.480 e. The molecule has 0 saturated carbocycles. The zero-order chi connectivity index (χ0) is 18.9. The van der Waals surface area contributed by atoms with Crippen LogP contribution < -0.4 is 5.32 Å². The monoisotopic (exact) mass is 370 g/mol. The fourth-order valence-corrected chi connectivity index (χ4v) is 2.79. The maximum Gasteiger partial charge on any atom is 0.326 e. The maximum absolute atomic E-state index is 12.2. The number of hydrogen-bond acceptors (Lipinski definition) is 4. The molecule has 2 atom stereocenters. The highest BCUT2D eigenvalue weighted by atomic mass is 32.1. The molecule has 1 amide bonds. The van der Waals surface area contributed by atoms with E-state index in [9.17, 15) is 14.7 Å². The Kier molecular flexibility index (Phi) is 15.4. The SMILES string of the molecule is CCCCCCCCCC(C)C(=O)NC(CCCCN=C=S)C(=O)O. The van der Waals surface area contributed by atoms with Crippen LogP contribution in [0.5, 0.6) is 0 Å². The van der Waals surface area contributed by atoms with Gasteiger partial charge in [0, 0.05) is 12.5 Å². The summed E-state index contributed by atoms with van der Waals surface area (Å²) in [5.41, 5.74) is 0. The molecule has 2 unspecified atom stereocenters. The lowest BCUT2D eigenvalue weighted by atomic mass is 10.00. The second-order valence-corrected chi connectivity index (χ2v) is 6.86. The lowest BCUT2D eigenvalue weighted by Crippen LogP contribution is -2.43. The number of isothiocyanates is 1. The van der Waals surface area contributed by atoms with E-state index in [1.807, 2.05) is 6.92 Å². The number of carboxylic acids is 1. The van der Waals surface area contributed by atoms with Gasteiger partial charge in [-0.15, -0.1) is 0 Å². The number of carbonyl (C=O) groups excluding carboxylic acids is 1. The molecule has 0 radical (unpaired) electrons. The number of aliphatic imine (C=N–C) groups is 1. The summed E-state index contributed by atoms with van der Waals surface area (Å²) in [6.07, 6.45) is 11.2. The molecule has 0 saturated heterocycles. The number of thiocarbonyl (C=S) groups is 1. The number of nitrogens with one attached hydrogen (secondary N) is 1. The van der Waals surface area contributed by atoms with Crippen LogP contribution in [0.4, 0.5) is 0 Å². The fourth-order valence-electron chi connectivity index (χ4n) is 2.70. The van der Waals surface area contributed by atoms with Gasteiger partial charge in [0.15, 0.2) is 0 Å². The van der Waals surface area contributed by atoms with Crippen molar-refractivity contribution in [2.45, 2.75) is 90.5 Å². The Morgan fingerprint density at radius 2 is 1.64 bits per heavy atom. The van der Waals surface area contributed by atoms with Crippen molar-refractivity contribution < 1.29 is 14.7 Å². The summed E-state index contributed by atoms with van der Waals surface area (Å²) >= 11 is 4.48. The van der Waals surface area contributed by atoms with Gasteiger partial charge in [0.2, 0.25) is 5.91 Å². The number of carboxylic acid groups (broad SMARTS) is 1. The highest BCUT2D eigenvalue weighted by Gasteiger charge is 2.22. The van der Waals surface area contributed by atoms with Crippen LogP contribution in [0.25, 0.3) is 0 Å². The number of rotatable bonds is 16. The third-order valence-corrected chi connectivity index (χ3v) is 4.51. The molecular formula is C19H34N2O3S. The topological polar surface area (TPSA) is 78.8 Å². The fraction of sp³-hybridized carbons (Fsp3) is 0.842. The van der Waals surface area contributed by atoms with E-state index in [4.69, 9.17) is 0 Å². The standard InChI is InChI=1S/C19H34N2O3S/c1-3-4-5-6-7-8-9-12-16(2)18(22)21-17(19(23)24)13-10-11-14-20-15-25/h16-17H,3-14H2,1-2H3,(H,21,22)(H,23,24). The van der Waals surface area contributed by atoms with Crippen LogP contribution in [0.3, 0.4) is 0 Å². The van der Waals surface area contributed by atoms with Crippen molar-refractivity contribution in [3.8, 4) is 0 Å². The molecular weight excluding hydrogens is 336 g/mol. The third kappa shape index (κ3) is 13.7. The molecule has 0 aliphatic rings. The Morgan fingerprint density at radius 3 is 2.24 bits per heavy atom. The lowest BCUT2D eigenvalue weighted by Gasteiger charge is -2.17. The molecule has 0 bridgehead atoms. The summed E-state index contributed by atoms with van der Waals surface area (Å²) in [6.45, 7) is 4.64. The number of unbranched alkanes of at least 4 members (excludes halogenated alkanes) is 7. The number of hydrogen-bond donors (Lipinski definition) is 2. The van der Waals surface area contributed by atoms with Crippen LogP contribution in [0, 0.1) is 5.92 Å². The summed E-state index contributed by atoms with van der Waals surface area (Å²) < 4.78 is 0. The van der Waals surface area contributed by atoms with Crippen molar-refractivity contribution >= 4 is 29.3 Å². The normalized spacial score (nSPS) is 12.9. The molecule has 0 aliphatic heterocycles. The Morgan fingerprint density at radius 1 is 1.04 bits per heavy atom. The Labute approximate surface area is 157 Å². The Balaban J connectivity index is 3.97. The van der Waals surface area contributed by atoms with Crippen LogP contribution in [-0.2, 0) is 9.59 Å². The van der Waals surface area contributed by atoms with Gasteiger partial charge in [-0.3, -0.25) is 4.79 Å². The molecule has 0 aromatic rings. The van der Waals surface area contributed by atoms with Crippen LogP contribution >= 0.6 is 12.2 Å². The van der Waals surface area contributed by atoms with Gasteiger partial charge in [0.1, 0.15) is 6.04 Å². The summed E-state index contributed by atoms with van der Waals surface area (Å²) in [6, 6.07) is -0.819. The van der Waals surface area contributed by atoms with Crippen molar-refractivity contribution in [3.05, 3.63) is 0 Å². The summed E-state index contributed by atoms with van der Waals surface area (Å²) in [7, 11) is 0. The summed E-state index contributed by atoms with van der Waals surface area (Å²) in [4.78, 5) is 27.3. The molecule has 0 spiro atoms. The predicted octanol–water partition coefficient (Wildman–Crippen LogP) is 4.61. The summed E-state index contributed by atoms with van der Waals surface area (Å²) in [5, 5.41) is 14.2. The molecule has 0 aromatic heterocycles. The van der Waals surface area contributed by atoms with Gasteiger partial charge in [0.25, 0.3) is 0 Å². The first-order valence-electron chi connectivity index (χ1n) is 9.59. The van der Waals surface area contributed by atoms with E-state index in [1.54, 1.807) is 0 Å². The maximum atomic E-state index is 12.2. The molecule has 0 aliphatic carbocycles. The first-order chi connectivity index (χ1) is 12.0. The van der Waals surface area contributed by atoms with Gasteiger partial charge >= 0.3 is 5.97 Å². The van der Waals surface area contributed by atoms with Crippen molar-refractivity contribution in [3.63, 3.8) is 0 Å². The molecule has 2 N–H and O–H groups in total. The minimum atomic E-state index is -0.977. The Bertz CT molecular complexity index is 423. The van der Waals surface area contributed by atoms with E-state index in [2.05, 4.69) is 34.6 Å². The average Bonchev–Trinajstić information content (AvgIpc) is 2.59. The number of nitrogens with zero attached hydrogens (tertiary/aromatic N) is 1. The molecule has 0 rings (SSSR count). The quantitative estimate of drug-likeness (QED) is 0.236. The van der Waals surface area contributed by atoms with Gasteiger partial charge in [-0.05, 0) is 37.9 Å². The minimum Gasteiger partial charge on any atom is -0.480 e. The van der Waals surface area contributed by atoms with E-state index < -0.39 is 12.0 Å². The van der Waals surface area contributed by atoms with E-state index in [-0.39, 0.29) is 11.8 Å². The zero-order valence-electron chi connectivity index (χ0n) is 15.8. The molecule has 0 heterocycles. The highest BCUT2D eigenvalue weighted by Crippen LogP contribution is 2.13. The van der Waals surface area contributed by atoms with E-state index in [0.29, 0.717) is 19.4 Å². The predicted molar refractivity (Wildman–Crippen MR) is 105 cm³/mol. The zero-order valence-corrected chi connectivity index (χ0v) is 16.6. The summed E-state index contributed by atoms with van der Waals surface area (Å²) in [5.74, 6) is -1.28. The van der Waals surface area contributed by atoms with E-state index in [1.165, 1.54) is 32.1 Å². The molecule has 0 fully saturated rings. The van der Waals surface area contributed by atoms with Gasteiger partial charge in [-0.25, -0.2) is 9.79 Å². The number of carbonyl (C=O) groups is 2. The molecule has 144 valence electrons. The highest BCUT2D eigenvalue weighted by molar-refractivity contribution is 7.78. The average molecular weight is 371 g/mol. The number of amides is 1. The second kappa shape index (κ2) is 16.2. The van der Waals surface area contributed by atoms with Crippen molar-refractivity contribution in [2.24, 2.45) is 10.9 Å². The Hall–Kier alpha value is -1.26. The molecule has 6 heteroatoms. The van der Waals surface area contributed by atoms with Gasteiger partial charge in [-0.1, -0.05) is 58.8 Å². The van der Waals surface area contributed by atoms with Crippen molar-refractivity contribution in [2.75, 3.05) is 6.54 Å². The third-order valence-electron chi connectivity index (χ3n) is 4.38. The van der Waals surface area contributed by atoms with E-state index in [0.717, 1.165) is 25.7 Å². The van der Waals surface area contributed by atoms with Crippen molar-refractivity contribution in [1.82, 2.24) is 5.32 Å². The second-order valence-electron chi connectivity index (χ2n) is 6.68. The van der Waals surface area contributed by atoms with Crippen LogP contribution in [0.1, 0.15) is 84.5 Å². The van der Waals surface area contributed by atoms with Crippen molar-refractivity contribution in [1.29, 1.82) is 0 Å². The van der Waals surface area contributed by atoms with Crippen LogP contribution in [0.15, 0.2) is 4.99 Å².